The maximum atomic E-state index is 12.2. The number of hydrogen-bond donors (Lipinski definition) is 2. The number of nitrogens with zero attached hydrogens (tertiary/aromatic N) is 1. The molecule has 4 heteroatoms. The van der Waals surface area contributed by atoms with E-state index in [2.05, 4.69) is 36.5 Å². The first-order valence-electron chi connectivity index (χ1n) is 7.85. The average Bonchev–Trinajstić information content (AvgIpc) is 2.46. The molecule has 21 heavy (non-hydrogen) atoms. The molecule has 1 heterocycles. The summed E-state index contributed by atoms with van der Waals surface area (Å²) in [7, 11) is 0. The lowest BCUT2D eigenvalue weighted by Gasteiger charge is -2.35. The van der Waals surface area contributed by atoms with Crippen molar-refractivity contribution in [3.05, 3.63) is 29.8 Å². The van der Waals surface area contributed by atoms with Crippen molar-refractivity contribution >= 4 is 11.6 Å². The molecule has 0 radical (unpaired) electrons. The van der Waals surface area contributed by atoms with Gasteiger partial charge < -0.3 is 16.0 Å². The van der Waals surface area contributed by atoms with E-state index >= 15 is 0 Å². The van der Waals surface area contributed by atoms with Crippen LogP contribution < -0.4 is 11.1 Å². The predicted molar refractivity (Wildman–Crippen MR) is 87.2 cm³/mol. The van der Waals surface area contributed by atoms with Crippen LogP contribution in [0.1, 0.15) is 32.3 Å². The van der Waals surface area contributed by atoms with Crippen molar-refractivity contribution in [1.82, 2.24) is 4.90 Å². The normalized spacial score (nSPS) is 17.9. The Hall–Kier alpha value is -1.55. The van der Waals surface area contributed by atoms with Crippen LogP contribution in [0.5, 0.6) is 0 Å². The first-order valence-corrected chi connectivity index (χ1v) is 7.85. The average molecular weight is 289 g/mol. The Morgan fingerprint density at radius 2 is 2.00 bits per heavy atom. The number of nitrogens with one attached hydrogen (secondary N) is 1. The second-order valence-corrected chi connectivity index (χ2v) is 6.38. The van der Waals surface area contributed by atoms with Crippen molar-refractivity contribution < 1.29 is 4.79 Å². The Balaban J connectivity index is 1.84. The molecule has 116 valence electrons. The fourth-order valence-corrected chi connectivity index (χ4v) is 2.71. The van der Waals surface area contributed by atoms with Crippen LogP contribution in [-0.4, -0.2) is 36.0 Å². The number of likely N-dealkylation sites (tertiary alicyclic amines) is 1. The van der Waals surface area contributed by atoms with Crippen molar-refractivity contribution in [3.8, 4) is 0 Å². The monoisotopic (exact) mass is 289 g/mol. The maximum Gasteiger partial charge on any atom is 0.239 e. The summed E-state index contributed by atoms with van der Waals surface area (Å²) < 4.78 is 0. The molecule has 1 amide bonds. The summed E-state index contributed by atoms with van der Waals surface area (Å²) in [4.78, 5) is 14.1. The summed E-state index contributed by atoms with van der Waals surface area (Å²) in [5.41, 5.74) is 8.38. The Morgan fingerprint density at radius 3 is 2.57 bits per heavy atom. The minimum absolute atomic E-state index is 0.0963. The van der Waals surface area contributed by atoms with E-state index in [4.69, 9.17) is 5.73 Å². The number of amides is 1. The fourth-order valence-electron chi connectivity index (χ4n) is 2.71. The summed E-state index contributed by atoms with van der Waals surface area (Å²) in [5.74, 6) is 0.291. The van der Waals surface area contributed by atoms with Crippen LogP contribution >= 0.6 is 0 Å². The van der Waals surface area contributed by atoms with Crippen LogP contribution in [0.15, 0.2) is 24.3 Å². The molecule has 1 atom stereocenters. The van der Waals surface area contributed by atoms with Gasteiger partial charge in [0, 0.05) is 24.8 Å². The number of carbonyl (C=O) groups is 1. The zero-order valence-electron chi connectivity index (χ0n) is 13.3. The molecule has 0 aromatic heterocycles. The highest BCUT2D eigenvalue weighted by molar-refractivity contribution is 5.82. The first-order chi connectivity index (χ1) is 9.97. The molecule has 0 aliphatic carbocycles. The number of aryl methyl sites for hydroxylation is 1. The molecule has 2 rings (SSSR count). The molecule has 1 aliphatic rings. The van der Waals surface area contributed by atoms with Gasteiger partial charge in [-0.15, -0.1) is 0 Å². The van der Waals surface area contributed by atoms with Crippen LogP contribution in [0.3, 0.4) is 0 Å². The molecule has 0 saturated carbocycles. The van der Waals surface area contributed by atoms with Gasteiger partial charge in [-0.3, -0.25) is 4.79 Å². The number of piperidine rings is 1. The van der Waals surface area contributed by atoms with E-state index < -0.39 is 0 Å². The third-order valence-electron chi connectivity index (χ3n) is 4.20. The number of nitrogens with two attached hydrogens (primary N) is 1. The highest BCUT2D eigenvalue weighted by atomic mass is 16.2. The number of benzene rings is 1. The van der Waals surface area contributed by atoms with E-state index in [1.54, 1.807) is 0 Å². The fraction of sp³-hybridized carbons (Fsp3) is 0.588. The molecule has 1 fully saturated rings. The number of hydrogen-bond acceptors (Lipinski definition) is 3. The summed E-state index contributed by atoms with van der Waals surface area (Å²) in [6, 6.07) is 8.49. The van der Waals surface area contributed by atoms with Gasteiger partial charge in [0.2, 0.25) is 5.91 Å². The Labute approximate surface area is 127 Å². The summed E-state index contributed by atoms with van der Waals surface area (Å²) in [6.07, 6.45) is 1.95. The van der Waals surface area contributed by atoms with Gasteiger partial charge in [-0.05, 0) is 43.4 Å². The van der Waals surface area contributed by atoms with Gasteiger partial charge in [-0.25, -0.2) is 0 Å². The van der Waals surface area contributed by atoms with Crippen molar-refractivity contribution in [2.24, 2.45) is 11.7 Å². The molecule has 0 unspecified atom stereocenters. The molecule has 1 aromatic carbocycles. The minimum Gasteiger partial charge on any atom is -0.382 e. The van der Waals surface area contributed by atoms with Gasteiger partial charge >= 0.3 is 0 Å². The van der Waals surface area contributed by atoms with Gasteiger partial charge in [0.1, 0.15) is 0 Å². The van der Waals surface area contributed by atoms with E-state index in [0.717, 1.165) is 25.9 Å². The number of carbonyl (C=O) groups excluding carboxylic acids is 1. The molecule has 1 aromatic rings. The van der Waals surface area contributed by atoms with Gasteiger partial charge in [0.15, 0.2) is 0 Å². The first kappa shape index (κ1) is 15.8. The molecule has 0 bridgehead atoms. The number of rotatable bonds is 4. The topological polar surface area (TPSA) is 58.4 Å². The molecule has 1 aliphatic heterocycles. The van der Waals surface area contributed by atoms with E-state index in [1.807, 2.05) is 18.7 Å². The minimum atomic E-state index is -0.369. The van der Waals surface area contributed by atoms with E-state index in [0.29, 0.717) is 6.04 Å². The van der Waals surface area contributed by atoms with Crippen molar-refractivity contribution in [3.63, 3.8) is 0 Å². The molecular formula is C17H27N3O. The Kier molecular flexibility index (Phi) is 5.23. The van der Waals surface area contributed by atoms with Crippen LogP contribution in [0, 0.1) is 12.8 Å². The molecule has 3 N–H and O–H groups in total. The van der Waals surface area contributed by atoms with Crippen molar-refractivity contribution in [2.45, 2.75) is 45.7 Å². The molecule has 0 spiro atoms. The van der Waals surface area contributed by atoms with Crippen LogP contribution in [0.2, 0.25) is 0 Å². The molecular weight excluding hydrogens is 262 g/mol. The summed E-state index contributed by atoms with van der Waals surface area (Å²) >= 11 is 0. The second kappa shape index (κ2) is 6.94. The molecule has 1 saturated heterocycles. The van der Waals surface area contributed by atoms with Gasteiger partial charge in [-0.1, -0.05) is 26.0 Å². The zero-order valence-corrected chi connectivity index (χ0v) is 13.3. The third kappa shape index (κ3) is 4.21. The number of anilines is 1. The van der Waals surface area contributed by atoms with E-state index in [-0.39, 0.29) is 17.9 Å². The van der Waals surface area contributed by atoms with Crippen LogP contribution in [0.25, 0.3) is 0 Å². The Morgan fingerprint density at radius 1 is 1.33 bits per heavy atom. The summed E-state index contributed by atoms with van der Waals surface area (Å²) in [6.45, 7) is 7.68. The summed E-state index contributed by atoms with van der Waals surface area (Å²) in [5, 5.41) is 3.56. The second-order valence-electron chi connectivity index (χ2n) is 6.38. The molecule has 4 nitrogen and oxygen atoms in total. The van der Waals surface area contributed by atoms with Crippen molar-refractivity contribution in [2.75, 3.05) is 18.4 Å². The van der Waals surface area contributed by atoms with Crippen molar-refractivity contribution in [1.29, 1.82) is 0 Å². The standard InChI is InChI=1S/C17H27N3O/c1-12(2)16(18)17(21)20-9-7-14(8-10-20)19-15-6-4-5-13(3)11-15/h4-6,11-12,14,16,19H,7-10,18H2,1-3H3/t16-/m0/s1. The predicted octanol–water partition coefficient (Wildman–Crippen LogP) is 2.38. The Bertz CT molecular complexity index is 479. The van der Waals surface area contributed by atoms with Crippen LogP contribution in [-0.2, 0) is 4.79 Å². The zero-order chi connectivity index (χ0) is 15.4. The third-order valence-corrected chi connectivity index (χ3v) is 4.20. The lowest BCUT2D eigenvalue weighted by atomic mass is 10.00. The quantitative estimate of drug-likeness (QED) is 0.894. The SMILES string of the molecule is Cc1cccc(NC2CCN(C(=O)[C@@H](N)C(C)C)CC2)c1. The van der Waals surface area contributed by atoms with Gasteiger partial charge in [-0.2, -0.15) is 0 Å². The largest absolute Gasteiger partial charge is 0.382 e. The lowest BCUT2D eigenvalue weighted by Crippen LogP contribution is -2.50. The van der Waals surface area contributed by atoms with Crippen LogP contribution in [0.4, 0.5) is 5.69 Å². The highest BCUT2D eigenvalue weighted by Gasteiger charge is 2.27. The van der Waals surface area contributed by atoms with Gasteiger partial charge in [0.25, 0.3) is 0 Å². The smallest absolute Gasteiger partial charge is 0.239 e. The highest BCUT2D eigenvalue weighted by Crippen LogP contribution is 2.18. The lowest BCUT2D eigenvalue weighted by molar-refractivity contribution is -0.134. The van der Waals surface area contributed by atoms with E-state index in [9.17, 15) is 4.79 Å². The van der Waals surface area contributed by atoms with E-state index in [1.165, 1.54) is 11.3 Å². The maximum absolute atomic E-state index is 12.2. The van der Waals surface area contributed by atoms with Gasteiger partial charge in [0.05, 0.1) is 6.04 Å².